The topological polar surface area (TPSA) is 196 Å². The van der Waals surface area contributed by atoms with Crippen LogP contribution in [0.25, 0.3) is 22.5 Å². The number of non-ortho nitro benzene ring substituents is 1. The predicted molar refractivity (Wildman–Crippen MR) is 141 cm³/mol. The number of nitro groups is 2. The first-order valence-corrected chi connectivity index (χ1v) is 11.4. The van der Waals surface area contributed by atoms with E-state index in [2.05, 4.69) is 25.6 Å². The molecule has 39 heavy (non-hydrogen) atoms. The van der Waals surface area contributed by atoms with Gasteiger partial charge in [0.25, 0.3) is 11.4 Å². The fourth-order valence-electron chi connectivity index (χ4n) is 3.61. The molecule has 2 heterocycles. The molecule has 2 aromatic heterocycles. The van der Waals surface area contributed by atoms with E-state index < -0.39 is 15.8 Å². The zero-order chi connectivity index (χ0) is 27.9. The molecule has 198 valence electrons. The van der Waals surface area contributed by atoms with Gasteiger partial charge in [0.05, 0.1) is 28.3 Å². The Labute approximate surface area is 220 Å². The normalized spacial score (nSPS) is 10.5. The van der Waals surface area contributed by atoms with Crippen LogP contribution in [0.4, 0.5) is 23.1 Å². The monoisotopic (exact) mass is 531 g/mol. The summed E-state index contributed by atoms with van der Waals surface area (Å²) in [5, 5.41) is 38.0. The fraction of sp³-hybridized carbons (Fsp3) is 0.120. The molecule has 0 aliphatic rings. The molecule has 14 nitrogen and oxygen atoms in total. The number of hydrogen-bond acceptors (Lipinski definition) is 11. The molecule has 4 aromatic rings. The summed E-state index contributed by atoms with van der Waals surface area (Å²) >= 11 is 0. The molecule has 0 radical (unpaired) electrons. The molecule has 0 saturated carbocycles. The molecule has 0 unspecified atom stereocenters. The molecule has 0 bridgehead atoms. The summed E-state index contributed by atoms with van der Waals surface area (Å²) in [6.07, 6.45) is 1.14. The first-order chi connectivity index (χ1) is 18.8. The number of carboxylic acids is 1. The van der Waals surface area contributed by atoms with Crippen LogP contribution in [0.2, 0.25) is 0 Å². The van der Waals surface area contributed by atoms with E-state index >= 15 is 0 Å². The third kappa shape index (κ3) is 6.19. The number of carboxylic acid groups (broad SMARTS) is 1. The molecule has 0 saturated heterocycles. The van der Waals surface area contributed by atoms with E-state index in [1.54, 1.807) is 24.3 Å². The third-order valence-electron chi connectivity index (χ3n) is 5.51. The Hall–Kier alpha value is -5.66. The Balaban J connectivity index is 1.66. The minimum absolute atomic E-state index is 0.0747. The highest BCUT2D eigenvalue weighted by atomic mass is 16.6. The van der Waals surface area contributed by atoms with Crippen LogP contribution in [0.1, 0.15) is 10.4 Å². The lowest BCUT2D eigenvalue weighted by atomic mass is 10.00. The van der Waals surface area contributed by atoms with Gasteiger partial charge in [0.1, 0.15) is 23.3 Å². The first-order valence-electron chi connectivity index (χ1n) is 11.4. The molecule has 0 aliphatic carbocycles. The predicted octanol–water partition coefficient (Wildman–Crippen LogP) is 4.25. The number of aromatic nitrogens is 3. The number of aromatic carboxylic acids is 1. The van der Waals surface area contributed by atoms with Crippen molar-refractivity contribution in [3.05, 3.63) is 92.7 Å². The number of anilines is 2. The third-order valence-corrected chi connectivity index (χ3v) is 5.51. The van der Waals surface area contributed by atoms with Crippen molar-refractivity contribution in [2.45, 2.75) is 0 Å². The second-order valence-electron chi connectivity index (χ2n) is 7.97. The fourth-order valence-corrected chi connectivity index (χ4v) is 3.61. The minimum atomic E-state index is -1.27. The van der Waals surface area contributed by atoms with Crippen molar-refractivity contribution in [1.82, 2.24) is 15.0 Å². The second kappa shape index (κ2) is 11.6. The van der Waals surface area contributed by atoms with Crippen molar-refractivity contribution in [2.75, 3.05) is 30.8 Å². The largest absolute Gasteiger partial charge is 0.497 e. The summed E-state index contributed by atoms with van der Waals surface area (Å²) in [4.78, 5) is 46.0. The maximum Gasteiger partial charge on any atom is 0.340 e. The van der Waals surface area contributed by atoms with E-state index in [0.717, 1.165) is 6.20 Å². The van der Waals surface area contributed by atoms with Crippen LogP contribution >= 0.6 is 0 Å². The molecule has 4 rings (SSSR count). The maximum atomic E-state index is 12.4. The molecule has 2 aromatic carbocycles. The Morgan fingerprint density at radius 2 is 1.38 bits per heavy atom. The first kappa shape index (κ1) is 26.4. The van der Waals surface area contributed by atoms with Crippen LogP contribution in [0.5, 0.6) is 5.75 Å². The van der Waals surface area contributed by atoms with Crippen molar-refractivity contribution >= 4 is 29.1 Å². The Bertz CT molecular complexity index is 1510. The van der Waals surface area contributed by atoms with Gasteiger partial charge >= 0.3 is 5.97 Å². The van der Waals surface area contributed by atoms with Gasteiger partial charge in [0.2, 0.25) is 5.95 Å². The van der Waals surface area contributed by atoms with Crippen molar-refractivity contribution in [1.29, 1.82) is 0 Å². The Morgan fingerprint density at radius 3 is 1.87 bits per heavy atom. The van der Waals surface area contributed by atoms with E-state index in [1.807, 2.05) is 0 Å². The number of methoxy groups -OCH3 is 1. The summed E-state index contributed by atoms with van der Waals surface area (Å²) in [5.74, 6) is -0.149. The molecule has 0 amide bonds. The maximum absolute atomic E-state index is 12.4. The summed E-state index contributed by atoms with van der Waals surface area (Å²) in [6.45, 7) is 0.617. The number of ether oxygens (including phenoxy) is 1. The minimum Gasteiger partial charge on any atom is -0.497 e. The number of nitro benzene ring substituents is 1. The van der Waals surface area contributed by atoms with Crippen LogP contribution in [-0.4, -0.2) is 56.1 Å². The Kier molecular flexibility index (Phi) is 7.85. The number of rotatable bonds is 11. The molecule has 0 spiro atoms. The standard InChI is InChI=1S/C25H21N7O7/c1-39-19-9-4-16(5-10-19)23-21(24(33)34)22(15-2-6-17(7-3-15)31(35)36)29-25(30-23)27-13-12-26-20-11-8-18(14-28-20)32(37)38/h2-11,14H,12-13H2,1H3,(H,26,28)(H,33,34)(H,27,29,30). The SMILES string of the molecule is COc1ccc(-c2nc(NCCNc3ccc([N+](=O)[O-])cn3)nc(-c3ccc([N+](=O)[O-])cc3)c2C(=O)O)cc1. The van der Waals surface area contributed by atoms with E-state index in [1.165, 1.54) is 43.5 Å². The van der Waals surface area contributed by atoms with Gasteiger partial charge in [-0.15, -0.1) is 0 Å². The van der Waals surface area contributed by atoms with Gasteiger partial charge in [0, 0.05) is 42.4 Å². The van der Waals surface area contributed by atoms with Crippen LogP contribution in [0.15, 0.2) is 66.9 Å². The van der Waals surface area contributed by atoms with Crippen LogP contribution < -0.4 is 15.4 Å². The number of hydrogen-bond donors (Lipinski definition) is 3. The number of nitrogens with zero attached hydrogens (tertiary/aromatic N) is 5. The number of benzene rings is 2. The molecule has 0 fully saturated rings. The van der Waals surface area contributed by atoms with Gasteiger partial charge in [-0.25, -0.2) is 19.7 Å². The van der Waals surface area contributed by atoms with Gasteiger partial charge in [-0.1, -0.05) is 0 Å². The molecule has 0 aliphatic heterocycles. The van der Waals surface area contributed by atoms with Gasteiger partial charge in [0.15, 0.2) is 0 Å². The molecule has 14 heteroatoms. The van der Waals surface area contributed by atoms with Crippen LogP contribution in [-0.2, 0) is 0 Å². The van der Waals surface area contributed by atoms with Crippen molar-refractivity contribution in [3.63, 3.8) is 0 Å². The lowest BCUT2D eigenvalue weighted by Gasteiger charge is -2.15. The zero-order valence-corrected chi connectivity index (χ0v) is 20.4. The van der Waals surface area contributed by atoms with Crippen LogP contribution in [0, 0.1) is 20.2 Å². The number of carbonyl (C=O) groups is 1. The quantitative estimate of drug-likeness (QED) is 0.142. The number of nitrogens with one attached hydrogen (secondary N) is 2. The second-order valence-corrected chi connectivity index (χ2v) is 7.97. The molecule has 3 N–H and O–H groups in total. The summed E-state index contributed by atoms with van der Waals surface area (Å²) in [7, 11) is 1.51. The zero-order valence-electron chi connectivity index (χ0n) is 20.4. The van der Waals surface area contributed by atoms with Crippen molar-refractivity contribution in [2.24, 2.45) is 0 Å². The highest BCUT2D eigenvalue weighted by Crippen LogP contribution is 2.33. The Morgan fingerprint density at radius 1 is 0.846 bits per heavy atom. The van der Waals surface area contributed by atoms with E-state index in [4.69, 9.17) is 4.74 Å². The smallest absolute Gasteiger partial charge is 0.340 e. The molecule has 0 atom stereocenters. The highest BCUT2D eigenvalue weighted by molar-refractivity contribution is 6.01. The van der Waals surface area contributed by atoms with Crippen molar-refractivity contribution < 1.29 is 24.5 Å². The summed E-state index contributed by atoms with van der Waals surface area (Å²) in [5.41, 5.74) is 0.612. The summed E-state index contributed by atoms with van der Waals surface area (Å²) < 4.78 is 5.19. The van der Waals surface area contributed by atoms with Gasteiger partial charge in [-0.2, -0.15) is 0 Å². The lowest BCUT2D eigenvalue weighted by molar-refractivity contribution is -0.385. The number of pyridine rings is 1. The van der Waals surface area contributed by atoms with E-state index in [9.17, 15) is 30.1 Å². The molecular weight excluding hydrogens is 510 g/mol. The van der Waals surface area contributed by atoms with Crippen LogP contribution in [0.3, 0.4) is 0 Å². The average molecular weight is 531 g/mol. The average Bonchev–Trinajstić information content (AvgIpc) is 2.95. The molecular formula is C25H21N7O7. The highest BCUT2D eigenvalue weighted by Gasteiger charge is 2.23. The van der Waals surface area contributed by atoms with Gasteiger partial charge in [-0.05, 0) is 42.5 Å². The van der Waals surface area contributed by atoms with Gasteiger partial charge in [-0.3, -0.25) is 20.2 Å². The van der Waals surface area contributed by atoms with Gasteiger partial charge < -0.3 is 20.5 Å². The van der Waals surface area contributed by atoms with E-state index in [-0.39, 0.29) is 40.8 Å². The van der Waals surface area contributed by atoms with E-state index in [0.29, 0.717) is 29.2 Å². The van der Waals surface area contributed by atoms with Crippen molar-refractivity contribution in [3.8, 4) is 28.3 Å². The lowest BCUT2D eigenvalue weighted by Crippen LogP contribution is -2.17. The summed E-state index contributed by atoms with van der Waals surface area (Å²) in [6, 6.07) is 14.9.